The van der Waals surface area contributed by atoms with Gasteiger partial charge in [0.2, 0.25) is 0 Å². The number of carbonyl (C=O) groups excluding carboxylic acids is 1. The maximum absolute atomic E-state index is 12.3. The van der Waals surface area contributed by atoms with Crippen molar-refractivity contribution in [1.82, 2.24) is 9.55 Å². The van der Waals surface area contributed by atoms with Crippen LogP contribution in [0.5, 0.6) is 0 Å². The molecule has 0 saturated heterocycles. The summed E-state index contributed by atoms with van der Waals surface area (Å²) in [5, 5.41) is 0.557. The number of hydrogen-bond donors (Lipinski definition) is 0. The van der Waals surface area contributed by atoms with Gasteiger partial charge in [-0.2, -0.15) is 0 Å². The molecule has 0 spiro atoms. The molecule has 0 aliphatic carbocycles. The Labute approximate surface area is 126 Å². The largest absolute Gasteiger partial charge is 0.462 e. The minimum Gasteiger partial charge on any atom is -0.462 e. The smallest absolute Gasteiger partial charge is 0.326 e. The Morgan fingerprint density at radius 1 is 1.38 bits per heavy atom. The molecule has 0 saturated carbocycles. The third-order valence-electron chi connectivity index (χ3n) is 2.91. The van der Waals surface area contributed by atoms with E-state index in [1.54, 1.807) is 0 Å². The standard InChI is InChI=1S/C14H18N2O4S/c1-3-10-7-11-13(21-10)15-9-16(14(11)18)8-12(17)20-6-5-19-4-2/h7,9H,3-6,8H2,1-2H3. The summed E-state index contributed by atoms with van der Waals surface area (Å²) in [7, 11) is 0. The van der Waals surface area contributed by atoms with Gasteiger partial charge in [-0.25, -0.2) is 4.98 Å². The first-order chi connectivity index (χ1) is 10.2. The van der Waals surface area contributed by atoms with Crippen LogP contribution in [0.15, 0.2) is 17.2 Å². The zero-order chi connectivity index (χ0) is 15.2. The molecule has 0 atom stereocenters. The summed E-state index contributed by atoms with van der Waals surface area (Å²) < 4.78 is 11.3. The van der Waals surface area contributed by atoms with Crippen molar-refractivity contribution in [1.29, 1.82) is 0 Å². The Bertz CT molecular complexity index is 677. The topological polar surface area (TPSA) is 70.4 Å². The zero-order valence-corrected chi connectivity index (χ0v) is 12.9. The van der Waals surface area contributed by atoms with Gasteiger partial charge in [-0.1, -0.05) is 6.92 Å². The molecule has 0 fully saturated rings. The second kappa shape index (κ2) is 7.33. The molecule has 2 aromatic rings. The fraction of sp³-hybridized carbons (Fsp3) is 0.500. The summed E-state index contributed by atoms with van der Waals surface area (Å²) in [6, 6.07) is 1.84. The Morgan fingerprint density at radius 2 is 2.19 bits per heavy atom. The summed E-state index contributed by atoms with van der Waals surface area (Å²) in [6.45, 7) is 4.89. The van der Waals surface area contributed by atoms with Crippen molar-refractivity contribution in [2.24, 2.45) is 0 Å². The third-order valence-corrected chi connectivity index (χ3v) is 4.10. The van der Waals surface area contributed by atoms with E-state index in [2.05, 4.69) is 4.98 Å². The number of rotatable bonds is 7. The van der Waals surface area contributed by atoms with Crippen molar-refractivity contribution in [3.63, 3.8) is 0 Å². The molecule has 2 heterocycles. The zero-order valence-electron chi connectivity index (χ0n) is 12.1. The maximum Gasteiger partial charge on any atom is 0.326 e. The van der Waals surface area contributed by atoms with Crippen LogP contribution in [0, 0.1) is 0 Å². The molecule has 2 aromatic heterocycles. The van der Waals surface area contributed by atoms with Gasteiger partial charge in [0, 0.05) is 11.5 Å². The molecule has 2 rings (SSSR count). The number of ether oxygens (including phenoxy) is 2. The van der Waals surface area contributed by atoms with E-state index in [1.165, 1.54) is 22.2 Å². The maximum atomic E-state index is 12.3. The number of thiophene rings is 1. The molecule has 0 amide bonds. The lowest BCUT2D eigenvalue weighted by Gasteiger charge is -2.06. The van der Waals surface area contributed by atoms with E-state index in [9.17, 15) is 9.59 Å². The number of aryl methyl sites for hydroxylation is 1. The Hall–Kier alpha value is -1.73. The van der Waals surface area contributed by atoms with E-state index < -0.39 is 5.97 Å². The van der Waals surface area contributed by atoms with E-state index in [-0.39, 0.29) is 18.7 Å². The molecule has 0 unspecified atom stereocenters. The Balaban J connectivity index is 2.06. The number of hydrogen-bond acceptors (Lipinski definition) is 6. The van der Waals surface area contributed by atoms with Crippen LogP contribution in [0.1, 0.15) is 18.7 Å². The van der Waals surface area contributed by atoms with Gasteiger partial charge >= 0.3 is 5.97 Å². The molecule has 0 bridgehead atoms. The molecule has 0 aromatic carbocycles. The van der Waals surface area contributed by atoms with E-state index in [0.29, 0.717) is 23.4 Å². The van der Waals surface area contributed by atoms with Crippen LogP contribution in [-0.2, 0) is 27.2 Å². The summed E-state index contributed by atoms with van der Waals surface area (Å²) in [5.74, 6) is -0.469. The van der Waals surface area contributed by atoms with Crippen LogP contribution in [0.2, 0.25) is 0 Å². The molecular weight excluding hydrogens is 292 g/mol. The molecule has 21 heavy (non-hydrogen) atoms. The highest BCUT2D eigenvalue weighted by Gasteiger charge is 2.11. The van der Waals surface area contributed by atoms with E-state index in [1.807, 2.05) is 19.9 Å². The number of aromatic nitrogens is 2. The quantitative estimate of drug-likeness (QED) is 0.574. The van der Waals surface area contributed by atoms with Crippen LogP contribution in [0.3, 0.4) is 0 Å². The fourth-order valence-electron chi connectivity index (χ4n) is 1.84. The van der Waals surface area contributed by atoms with Gasteiger partial charge in [-0.3, -0.25) is 14.2 Å². The summed E-state index contributed by atoms with van der Waals surface area (Å²) in [5.41, 5.74) is -0.210. The highest BCUT2D eigenvalue weighted by Crippen LogP contribution is 2.20. The van der Waals surface area contributed by atoms with Crippen LogP contribution in [0.4, 0.5) is 0 Å². The summed E-state index contributed by atoms with van der Waals surface area (Å²) >= 11 is 1.50. The number of fused-ring (bicyclic) bond motifs is 1. The lowest BCUT2D eigenvalue weighted by Crippen LogP contribution is -2.26. The monoisotopic (exact) mass is 310 g/mol. The van der Waals surface area contributed by atoms with Crippen LogP contribution in [0.25, 0.3) is 10.2 Å². The van der Waals surface area contributed by atoms with Gasteiger partial charge in [0.15, 0.2) is 0 Å². The molecule has 114 valence electrons. The molecule has 7 heteroatoms. The van der Waals surface area contributed by atoms with Crippen LogP contribution in [-0.4, -0.2) is 35.3 Å². The van der Waals surface area contributed by atoms with Gasteiger partial charge in [0.05, 0.1) is 18.3 Å². The summed E-state index contributed by atoms with van der Waals surface area (Å²) in [4.78, 5) is 30.0. The highest BCUT2D eigenvalue weighted by atomic mass is 32.1. The first kappa shape index (κ1) is 15.7. The van der Waals surface area contributed by atoms with Crippen molar-refractivity contribution in [2.75, 3.05) is 19.8 Å². The minimum absolute atomic E-state index is 0.134. The predicted molar refractivity (Wildman–Crippen MR) is 80.7 cm³/mol. The van der Waals surface area contributed by atoms with Gasteiger partial charge in [0.1, 0.15) is 18.0 Å². The number of nitrogens with zero attached hydrogens (tertiary/aromatic N) is 2. The Kier molecular flexibility index (Phi) is 5.46. The van der Waals surface area contributed by atoms with E-state index in [4.69, 9.17) is 9.47 Å². The number of carbonyl (C=O) groups is 1. The third kappa shape index (κ3) is 3.89. The van der Waals surface area contributed by atoms with Crippen molar-refractivity contribution in [3.05, 3.63) is 27.6 Å². The van der Waals surface area contributed by atoms with E-state index in [0.717, 1.165) is 11.3 Å². The van der Waals surface area contributed by atoms with Gasteiger partial charge in [-0.05, 0) is 19.4 Å². The summed E-state index contributed by atoms with van der Waals surface area (Å²) in [6.07, 6.45) is 2.25. The molecule has 6 nitrogen and oxygen atoms in total. The molecular formula is C14H18N2O4S. The number of esters is 1. The highest BCUT2D eigenvalue weighted by molar-refractivity contribution is 7.18. The van der Waals surface area contributed by atoms with Crippen molar-refractivity contribution < 1.29 is 14.3 Å². The SMILES string of the molecule is CCOCCOC(=O)Cn1cnc2sc(CC)cc2c1=O. The fourth-order valence-corrected chi connectivity index (χ4v) is 2.77. The normalized spacial score (nSPS) is 11.0. The van der Waals surface area contributed by atoms with Crippen molar-refractivity contribution in [3.8, 4) is 0 Å². The van der Waals surface area contributed by atoms with Gasteiger partial charge in [0.25, 0.3) is 5.56 Å². The van der Waals surface area contributed by atoms with Crippen LogP contribution < -0.4 is 5.56 Å². The second-order valence-electron chi connectivity index (χ2n) is 4.38. The molecule has 0 aliphatic rings. The van der Waals surface area contributed by atoms with Crippen molar-refractivity contribution >= 4 is 27.5 Å². The van der Waals surface area contributed by atoms with E-state index >= 15 is 0 Å². The molecule has 0 N–H and O–H groups in total. The van der Waals surface area contributed by atoms with Gasteiger partial charge in [-0.15, -0.1) is 11.3 Å². The first-order valence-electron chi connectivity index (χ1n) is 6.87. The minimum atomic E-state index is -0.469. The Morgan fingerprint density at radius 3 is 2.90 bits per heavy atom. The molecule has 0 aliphatic heterocycles. The van der Waals surface area contributed by atoms with Gasteiger partial charge < -0.3 is 9.47 Å². The first-order valence-corrected chi connectivity index (χ1v) is 7.68. The average Bonchev–Trinajstić information content (AvgIpc) is 2.91. The second-order valence-corrected chi connectivity index (χ2v) is 5.50. The molecule has 0 radical (unpaired) electrons. The lowest BCUT2D eigenvalue weighted by atomic mass is 10.3. The van der Waals surface area contributed by atoms with Crippen LogP contribution >= 0.6 is 11.3 Å². The lowest BCUT2D eigenvalue weighted by molar-refractivity contribution is -0.145. The predicted octanol–water partition coefficient (Wildman–Crippen LogP) is 1.60. The van der Waals surface area contributed by atoms with Crippen molar-refractivity contribution in [2.45, 2.75) is 26.8 Å². The average molecular weight is 310 g/mol.